The lowest BCUT2D eigenvalue weighted by atomic mass is 9.98. The van der Waals surface area contributed by atoms with Gasteiger partial charge in [0.15, 0.2) is 5.82 Å². The number of aryl methyl sites for hydroxylation is 8. The quantitative estimate of drug-likeness (QED) is 0.144. The second-order valence-electron chi connectivity index (χ2n) is 14.7. The van der Waals surface area contributed by atoms with Gasteiger partial charge in [-0.1, -0.05) is 29.3 Å². The molecule has 1 amide bonds. The van der Waals surface area contributed by atoms with Crippen LogP contribution in [0.3, 0.4) is 0 Å². The van der Waals surface area contributed by atoms with Gasteiger partial charge in [-0.05, 0) is 107 Å². The van der Waals surface area contributed by atoms with Crippen LogP contribution in [-0.2, 0) is 27.6 Å². The molecule has 8 rings (SSSR count). The number of nitrogens with zero attached hydrogens (tertiary/aromatic N) is 8. The van der Waals surface area contributed by atoms with E-state index in [9.17, 15) is 0 Å². The molecule has 0 aliphatic carbocycles. The molecule has 0 fully saturated rings. The van der Waals surface area contributed by atoms with Gasteiger partial charge in [-0.25, -0.2) is 4.98 Å². The fourth-order valence-corrected chi connectivity index (χ4v) is 8.60. The maximum absolute atomic E-state index is 15.2. The van der Waals surface area contributed by atoms with E-state index in [1.54, 1.807) is 4.68 Å². The van der Waals surface area contributed by atoms with E-state index >= 15 is 4.79 Å². The van der Waals surface area contributed by atoms with Crippen molar-refractivity contribution < 1.29 is 9.53 Å². The first-order valence-electron chi connectivity index (χ1n) is 18.3. The second kappa shape index (κ2) is 13.4. The number of anilines is 1. The standard InChI is InChI=1S/C42H44Cl2N8O2/c1-22-17-29(18-23(2)38(22)44)54-16-10-11-30-31-13-14-33(43)37(36-25(4)46-49(8)26(36)5)39(31)52-24(3)20-51(42(53)40(30)52)35-21-48(7)34-15-12-28(19-32(34)35)41-45-27(6)50(9)47-41/h12-15,17-19,21,24H,10-11,16,20H2,1-9H3/t24-/m1/s1. The minimum Gasteiger partial charge on any atom is -0.494 e. The molecule has 1 aliphatic heterocycles. The van der Waals surface area contributed by atoms with Crippen molar-refractivity contribution in [1.29, 1.82) is 0 Å². The number of benzene rings is 3. The van der Waals surface area contributed by atoms with E-state index in [1.165, 1.54) is 0 Å². The predicted octanol–water partition coefficient (Wildman–Crippen LogP) is 9.41. The zero-order valence-electron chi connectivity index (χ0n) is 32.2. The molecule has 0 saturated carbocycles. The van der Waals surface area contributed by atoms with Crippen molar-refractivity contribution in [2.45, 2.75) is 60.4 Å². The molecular weight excluding hydrogens is 719 g/mol. The van der Waals surface area contributed by atoms with Crippen LogP contribution >= 0.6 is 23.2 Å². The summed E-state index contributed by atoms with van der Waals surface area (Å²) in [6, 6.07) is 14.1. The van der Waals surface area contributed by atoms with Crippen LogP contribution < -0.4 is 9.64 Å². The Hall–Kier alpha value is -5.06. The van der Waals surface area contributed by atoms with Crippen LogP contribution in [0.15, 0.2) is 48.7 Å². The zero-order chi connectivity index (χ0) is 38.3. The van der Waals surface area contributed by atoms with Crippen LogP contribution in [0.5, 0.6) is 5.75 Å². The number of carbonyl (C=O) groups is 1. The number of hydrogen-bond acceptors (Lipinski definition) is 5. The number of halogens is 2. The average Bonchev–Trinajstić information content (AvgIpc) is 3.83. The molecule has 0 unspecified atom stereocenters. The summed E-state index contributed by atoms with van der Waals surface area (Å²) in [6.07, 6.45) is 3.39. The van der Waals surface area contributed by atoms with Gasteiger partial charge in [-0.15, -0.1) is 0 Å². The largest absolute Gasteiger partial charge is 0.494 e. The molecule has 3 aromatic carbocycles. The number of hydrogen-bond donors (Lipinski definition) is 0. The second-order valence-corrected chi connectivity index (χ2v) is 15.5. The van der Waals surface area contributed by atoms with Gasteiger partial charge >= 0.3 is 0 Å². The van der Waals surface area contributed by atoms with Crippen molar-refractivity contribution >= 4 is 56.6 Å². The summed E-state index contributed by atoms with van der Waals surface area (Å²) in [5.41, 5.74) is 11.2. The lowest BCUT2D eigenvalue weighted by Crippen LogP contribution is -2.42. The van der Waals surface area contributed by atoms with Gasteiger partial charge in [0, 0.05) is 83.6 Å². The molecule has 5 heterocycles. The van der Waals surface area contributed by atoms with Crippen LogP contribution in [0.1, 0.15) is 63.8 Å². The predicted molar refractivity (Wildman–Crippen MR) is 217 cm³/mol. The first kappa shape index (κ1) is 35.9. The summed E-state index contributed by atoms with van der Waals surface area (Å²) < 4.78 is 14.3. The van der Waals surface area contributed by atoms with Gasteiger partial charge in [-0.2, -0.15) is 10.2 Å². The van der Waals surface area contributed by atoms with E-state index in [2.05, 4.69) is 57.5 Å². The summed E-state index contributed by atoms with van der Waals surface area (Å²) in [5.74, 6) is 2.23. The number of rotatable bonds is 8. The third-order valence-electron chi connectivity index (χ3n) is 11.1. The van der Waals surface area contributed by atoms with E-state index < -0.39 is 0 Å². The van der Waals surface area contributed by atoms with Gasteiger partial charge in [0.1, 0.15) is 17.3 Å². The van der Waals surface area contributed by atoms with E-state index in [1.807, 2.05) is 82.7 Å². The molecule has 10 nitrogen and oxygen atoms in total. The van der Waals surface area contributed by atoms with Gasteiger partial charge in [-0.3, -0.25) is 14.2 Å². The van der Waals surface area contributed by atoms with E-state index in [-0.39, 0.29) is 11.9 Å². The summed E-state index contributed by atoms with van der Waals surface area (Å²) in [5, 5.41) is 12.8. The van der Waals surface area contributed by atoms with Crippen molar-refractivity contribution in [3.05, 3.63) is 98.3 Å². The van der Waals surface area contributed by atoms with Crippen LogP contribution in [0.25, 0.3) is 44.3 Å². The first-order chi connectivity index (χ1) is 25.7. The van der Waals surface area contributed by atoms with Crippen LogP contribution in [0, 0.1) is 34.6 Å². The van der Waals surface area contributed by atoms with E-state index in [4.69, 9.17) is 33.0 Å². The Kier molecular flexibility index (Phi) is 8.89. The fraction of sp³-hybridized carbons (Fsp3) is 0.333. The molecule has 12 heteroatoms. The lowest BCUT2D eigenvalue weighted by molar-refractivity contribution is 0.0957. The summed E-state index contributed by atoms with van der Waals surface area (Å²) >= 11 is 13.6. The number of fused-ring (bicyclic) bond motifs is 4. The minimum absolute atomic E-state index is 0.0458. The van der Waals surface area contributed by atoms with Crippen LogP contribution in [0.2, 0.25) is 10.0 Å². The highest BCUT2D eigenvalue weighted by atomic mass is 35.5. The van der Waals surface area contributed by atoms with Crippen molar-refractivity contribution in [3.63, 3.8) is 0 Å². The molecule has 1 aliphatic rings. The summed E-state index contributed by atoms with van der Waals surface area (Å²) in [6.45, 7) is 13.1. The number of carbonyl (C=O) groups excluding carboxylic acids is 1. The lowest BCUT2D eigenvalue weighted by Gasteiger charge is -2.34. The average molecular weight is 764 g/mol. The molecule has 0 bridgehead atoms. The first-order valence-corrected chi connectivity index (χ1v) is 19.0. The van der Waals surface area contributed by atoms with Crippen molar-refractivity contribution in [1.82, 2.24) is 33.7 Å². The highest BCUT2D eigenvalue weighted by Crippen LogP contribution is 2.46. The highest BCUT2D eigenvalue weighted by Gasteiger charge is 2.37. The third kappa shape index (κ3) is 5.69. The van der Waals surface area contributed by atoms with E-state index in [0.717, 1.165) is 88.9 Å². The normalized spacial score (nSPS) is 14.5. The fourth-order valence-electron chi connectivity index (χ4n) is 8.25. The van der Waals surface area contributed by atoms with Gasteiger partial charge in [0.2, 0.25) is 0 Å². The SMILES string of the molecule is Cc1cc(OCCCc2c3n(c4c(-c5c(C)nn(C)c5C)c(Cl)ccc24)[C@H](C)CN(c2cn(C)c4ccc(-c5nc(C)n(C)n5)cc24)C3=O)cc(C)c1Cl. The smallest absolute Gasteiger partial charge is 0.275 e. The monoisotopic (exact) mass is 762 g/mol. The van der Waals surface area contributed by atoms with Crippen LogP contribution in [0.4, 0.5) is 5.69 Å². The molecule has 0 saturated heterocycles. The maximum Gasteiger partial charge on any atom is 0.275 e. The molecule has 0 N–H and O–H groups in total. The number of amides is 1. The Labute approximate surface area is 324 Å². The third-order valence-corrected chi connectivity index (χ3v) is 12.0. The molecule has 0 radical (unpaired) electrons. The Balaban J connectivity index is 1.26. The van der Waals surface area contributed by atoms with Gasteiger partial charge < -0.3 is 18.8 Å². The van der Waals surface area contributed by atoms with Crippen molar-refractivity contribution in [3.8, 4) is 28.3 Å². The Bertz CT molecular complexity index is 2620. The molecule has 0 spiro atoms. The Morgan fingerprint density at radius 3 is 2.30 bits per heavy atom. The molecule has 1 atom stereocenters. The minimum atomic E-state index is -0.0711. The molecule has 54 heavy (non-hydrogen) atoms. The summed E-state index contributed by atoms with van der Waals surface area (Å²) in [7, 11) is 5.86. The van der Waals surface area contributed by atoms with Crippen molar-refractivity contribution in [2.24, 2.45) is 21.1 Å². The highest BCUT2D eigenvalue weighted by molar-refractivity contribution is 6.35. The summed E-state index contributed by atoms with van der Waals surface area (Å²) in [4.78, 5) is 21.8. The Morgan fingerprint density at radius 2 is 1.63 bits per heavy atom. The molecule has 278 valence electrons. The zero-order valence-corrected chi connectivity index (χ0v) is 33.7. The molecular formula is C42H44Cl2N8O2. The molecule has 7 aromatic rings. The van der Waals surface area contributed by atoms with E-state index in [0.29, 0.717) is 42.5 Å². The Morgan fingerprint density at radius 1 is 0.889 bits per heavy atom. The van der Waals surface area contributed by atoms with Crippen LogP contribution in [-0.4, -0.2) is 52.7 Å². The maximum atomic E-state index is 15.2. The van der Waals surface area contributed by atoms with Gasteiger partial charge in [0.05, 0.1) is 28.5 Å². The van der Waals surface area contributed by atoms with Crippen molar-refractivity contribution in [2.75, 3.05) is 18.1 Å². The van der Waals surface area contributed by atoms with Gasteiger partial charge in [0.25, 0.3) is 5.91 Å². The molecule has 4 aromatic heterocycles. The number of aromatic nitrogens is 7. The number of ether oxygens (including phenoxy) is 1. The topological polar surface area (TPSA) is 87.9 Å².